The Balaban J connectivity index is 1.74. The number of para-hydroxylation sites is 1. The van der Waals surface area contributed by atoms with Crippen molar-refractivity contribution in [1.82, 2.24) is 4.98 Å². The minimum absolute atomic E-state index is 0.293. The topological polar surface area (TPSA) is 54.4 Å². The number of rotatable bonds is 5. The number of esters is 1. The summed E-state index contributed by atoms with van der Waals surface area (Å²) in [6.07, 6.45) is 4.58. The molecule has 0 aliphatic heterocycles. The van der Waals surface area contributed by atoms with Gasteiger partial charge < -0.3 is 9.72 Å². The lowest BCUT2D eigenvalue weighted by Gasteiger charge is -2.02. The number of aromatic amines is 1. The van der Waals surface area contributed by atoms with Crippen molar-refractivity contribution >= 4 is 28.8 Å². The van der Waals surface area contributed by atoms with E-state index in [2.05, 4.69) is 16.0 Å². The van der Waals surface area contributed by atoms with Gasteiger partial charge in [0.05, 0.1) is 17.9 Å². The van der Waals surface area contributed by atoms with Crippen LogP contribution in [0.5, 0.6) is 0 Å². The van der Waals surface area contributed by atoms with Crippen LogP contribution in [0, 0.1) is 0 Å². The van der Waals surface area contributed by atoms with Gasteiger partial charge in [0.15, 0.2) is 0 Å². The van der Waals surface area contributed by atoms with E-state index in [1.807, 2.05) is 49.7 Å². The Morgan fingerprint density at radius 3 is 2.74 bits per heavy atom. The second-order valence-electron chi connectivity index (χ2n) is 5.23. The van der Waals surface area contributed by atoms with Crippen LogP contribution in [0.25, 0.3) is 10.9 Å². The number of fused-ring (bicyclic) bond motifs is 1. The first-order valence-electron chi connectivity index (χ1n) is 7.65. The molecule has 0 radical (unpaired) electrons. The quantitative estimate of drug-likeness (QED) is 0.558. The van der Waals surface area contributed by atoms with E-state index >= 15 is 0 Å². The molecule has 4 nitrogen and oxygen atoms in total. The van der Waals surface area contributed by atoms with Crippen LogP contribution in [-0.4, -0.2) is 23.8 Å². The molecule has 2 aromatic carbocycles. The third-order valence-electron chi connectivity index (χ3n) is 3.51. The molecular weight excluding hydrogens is 288 g/mol. The largest absolute Gasteiger partial charge is 0.462 e. The van der Waals surface area contributed by atoms with Gasteiger partial charge in [0.1, 0.15) is 0 Å². The third kappa shape index (κ3) is 3.48. The highest BCUT2D eigenvalue weighted by Gasteiger charge is 2.06. The maximum Gasteiger partial charge on any atom is 0.338 e. The number of hydrogen-bond donors (Lipinski definition) is 1. The normalized spacial score (nSPS) is 11.2. The van der Waals surface area contributed by atoms with E-state index in [1.165, 1.54) is 0 Å². The molecule has 1 N–H and O–H groups in total. The lowest BCUT2D eigenvalue weighted by Crippen LogP contribution is -2.05. The van der Waals surface area contributed by atoms with Crippen molar-refractivity contribution in [3.63, 3.8) is 0 Å². The Bertz CT molecular complexity index is 832. The van der Waals surface area contributed by atoms with E-state index < -0.39 is 0 Å². The summed E-state index contributed by atoms with van der Waals surface area (Å²) in [6.45, 7) is 2.41. The molecule has 0 unspecified atom stereocenters. The first-order valence-corrected chi connectivity index (χ1v) is 7.65. The molecule has 0 saturated carbocycles. The number of H-pyrrole nitrogens is 1. The Hall–Kier alpha value is -2.88. The minimum Gasteiger partial charge on any atom is -0.462 e. The number of ether oxygens (including phenoxy) is 1. The van der Waals surface area contributed by atoms with Crippen LogP contribution in [0.3, 0.4) is 0 Å². The summed E-state index contributed by atoms with van der Waals surface area (Å²) in [6, 6.07) is 15.2. The van der Waals surface area contributed by atoms with Crippen LogP contribution < -0.4 is 0 Å². The SMILES string of the molecule is CCCOC(=O)c1ccc(N=Cc2c[nH]c3ccccc23)cc1. The van der Waals surface area contributed by atoms with Crippen molar-refractivity contribution in [2.45, 2.75) is 13.3 Å². The molecular formula is C19H18N2O2. The van der Waals surface area contributed by atoms with E-state index in [0.29, 0.717) is 12.2 Å². The number of nitrogens with zero attached hydrogens (tertiary/aromatic N) is 1. The second kappa shape index (κ2) is 6.92. The highest BCUT2D eigenvalue weighted by atomic mass is 16.5. The summed E-state index contributed by atoms with van der Waals surface area (Å²) in [4.78, 5) is 19.4. The Morgan fingerprint density at radius 1 is 1.17 bits per heavy atom. The zero-order valence-electron chi connectivity index (χ0n) is 13.0. The van der Waals surface area contributed by atoms with Gasteiger partial charge in [-0.15, -0.1) is 0 Å². The van der Waals surface area contributed by atoms with Crippen LogP contribution in [0.15, 0.2) is 59.7 Å². The maximum absolute atomic E-state index is 11.7. The van der Waals surface area contributed by atoms with Crippen LogP contribution >= 0.6 is 0 Å². The molecule has 0 bridgehead atoms. The fourth-order valence-corrected chi connectivity index (χ4v) is 2.31. The van der Waals surface area contributed by atoms with Crippen LogP contribution in [0.1, 0.15) is 29.3 Å². The average molecular weight is 306 g/mol. The standard InChI is InChI=1S/C19H18N2O2/c1-2-11-23-19(22)14-7-9-16(10-8-14)20-12-15-13-21-18-6-4-3-5-17(15)18/h3-10,12-13,21H,2,11H2,1H3. The van der Waals surface area contributed by atoms with Crippen LogP contribution in [0.4, 0.5) is 5.69 Å². The summed E-state index contributed by atoms with van der Waals surface area (Å²) in [5.74, 6) is -0.293. The van der Waals surface area contributed by atoms with Gasteiger partial charge in [-0.1, -0.05) is 25.1 Å². The minimum atomic E-state index is -0.293. The molecule has 1 heterocycles. The molecule has 1 aromatic heterocycles. The van der Waals surface area contributed by atoms with E-state index in [-0.39, 0.29) is 5.97 Å². The van der Waals surface area contributed by atoms with Crippen LogP contribution in [0.2, 0.25) is 0 Å². The molecule has 0 spiro atoms. The van der Waals surface area contributed by atoms with E-state index in [1.54, 1.807) is 12.1 Å². The number of nitrogens with one attached hydrogen (secondary N) is 1. The van der Waals surface area contributed by atoms with Gasteiger partial charge >= 0.3 is 5.97 Å². The molecule has 0 amide bonds. The van der Waals surface area contributed by atoms with Gasteiger partial charge in [0, 0.05) is 28.9 Å². The average Bonchev–Trinajstić information content (AvgIpc) is 3.01. The molecule has 0 fully saturated rings. The van der Waals surface area contributed by atoms with E-state index in [0.717, 1.165) is 28.6 Å². The molecule has 23 heavy (non-hydrogen) atoms. The van der Waals surface area contributed by atoms with Gasteiger partial charge in [-0.25, -0.2) is 4.79 Å². The monoisotopic (exact) mass is 306 g/mol. The van der Waals surface area contributed by atoms with Crippen LogP contribution in [-0.2, 0) is 4.74 Å². The highest BCUT2D eigenvalue weighted by molar-refractivity contribution is 5.99. The number of aliphatic imine (C=N–C) groups is 1. The Labute approximate surface area is 134 Å². The molecule has 0 atom stereocenters. The number of benzene rings is 2. The zero-order valence-corrected chi connectivity index (χ0v) is 13.0. The summed E-state index contributed by atoms with van der Waals surface area (Å²) in [5, 5.41) is 1.14. The molecule has 0 aliphatic carbocycles. The Morgan fingerprint density at radius 2 is 1.96 bits per heavy atom. The van der Waals surface area contributed by atoms with Crippen molar-refractivity contribution in [3.05, 3.63) is 65.9 Å². The third-order valence-corrected chi connectivity index (χ3v) is 3.51. The van der Waals surface area contributed by atoms with E-state index in [9.17, 15) is 4.79 Å². The van der Waals surface area contributed by atoms with Crippen molar-refractivity contribution in [2.75, 3.05) is 6.61 Å². The maximum atomic E-state index is 11.7. The number of hydrogen-bond acceptors (Lipinski definition) is 3. The first kappa shape index (κ1) is 15.0. The van der Waals surface area contributed by atoms with Gasteiger partial charge in [-0.3, -0.25) is 4.99 Å². The van der Waals surface area contributed by atoms with Crippen molar-refractivity contribution in [2.24, 2.45) is 4.99 Å². The highest BCUT2D eigenvalue weighted by Crippen LogP contribution is 2.18. The molecule has 4 heteroatoms. The predicted molar refractivity (Wildman–Crippen MR) is 92.6 cm³/mol. The predicted octanol–water partition coefficient (Wildman–Crippen LogP) is 4.49. The lowest BCUT2D eigenvalue weighted by atomic mass is 10.2. The van der Waals surface area contributed by atoms with Gasteiger partial charge in [-0.05, 0) is 36.8 Å². The summed E-state index contributed by atoms with van der Waals surface area (Å²) in [7, 11) is 0. The smallest absolute Gasteiger partial charge is 0.338 e. The summed E-state index contributed by atoms with van der Waals surface area (Å²) in [5.41, 5.74) is 3.46. The fraction of sp³-hybridized carbons (Fsp3) is 0.158. The number of aromatic nitrogens is 1. The van der Waals surface area contributed by atoms with Crippen molar-refractivity contribution in [1.29, 1.82) is 0 Å². The molecule has 3 rings (SSSR count). The van der Waals surface area contributed by atoms with Crippen molar-refractivity contribution in [3.8, 4) is 0 Å². The molecule has 0 saturated heterocycles. The number of carbonyl (C=O) groups excluding carboxylic acids is 1. The second-order valence-corrected chi connectivity index (χ2v) is 5.23. The molecule has 3 aromatic rings. The van der Waals surface area contributed by atoms with Crippen molar-refractivity contribution < 1.29 is 9.53 Å². The van der Waals surface area contributed by atoms with Gasteiger partial charge in [-0.2, -0.15) is 0 Å². The van der Waals surface area contributed by atoms with E-state index in [4.69, 9.17) is 4.74 Å². The summed E-state index contributed by atoms with van der Waals surface area (Å²) >= 11 is 0. The van der Waals surface area contributed by atoms with Gasteiger partial charge in [0.25, 0.3) is 0 Å². The molecule has 116 valence electrons. The first-order chi connectivity index (χ1) is 11.3. The van der Waals surface area contributed by atoms with Gasteiger partial charge in [0.2, 0.25) is 0 Å². The zero-order chi connectivity index (χ0) is 16.1. The Kier molecular flexibility index (Phi) is 4.52. The molecule has 0 aliphatic rings. The fourth-order valence-electron chi connectivity index (χ4n) is 2.31. The number of carbonyl (C=O) groups is 1. The summed E-state index contributed by atoms with van der Waals surface area (Å²) < 4.78 is 5.10. The lowest BCUT2D eigenvalue weighted by molar-refractivity contribution is 0.0505.